The van der Waals surface area contributed by atoms with Gasteiger partial charge in [-0.2, -0.15) is 0 Å². The molecule has 1 unspecified atom stereocenters. The molecule has 374 valence electrons. The summed E-state index contributed by atoms with van der Waals surface area (Å²) in [5.41, 5.74) is 0.767. The molecule has 6 amide bonds. The molecule has 0 saturated carbocycles. The first-order chi connectivity index (χ1) is 31.2. The highest BCUT2D eigenvalue weighted by Gasteiger charge is 2.44. The lowest BCUT2D eigenvalue weighted by Crippen LogP contribution is -2.60. The summed E-state index contributed by atoms with van der Waals surface area (Å²) in [6.45, 7) is 14.0. The average Bonchev–Trinajstić information content (AvgIpc) is 3.77. The van der Waals surface area contributed by atoms with Crippen LogP contribution in [0.2, 0.25) is 0 Å². The van der Waals surface area contributed by atoms with Gasteiger partial charge in [-0.3, -0.25) is 28.8 Å². The zero-order valence-electron chi connectivity index (χ0n) is 41.0. The second-order valence-electron chi connectivity index (χ2n) is 18.3. The molecule has 18 heteroatoms. The van der Waals surface area contributed by atoms with Gasteiger partial charge >= 0.3 is 5.97 Å². The summed E-state index contributed by atoms with van der Waals surface area (Å²) in [6.07, 6.45) is 2.73. The van der Waals surface area contributed by atoms with Crippen LogP contribution in [-0.2, 0) is 49.5 Å². The standard InChI is InChI=1S/C48H78Br2N6O10/c1-12-31(6)42(55(9)47(62)40(29(2)3)53-46(61)41(30(4)5)54(8)38(57)23-17-14-18-24-51-45(60)34(50)28-49)37(65-10)27-39(58)56-25-19-22-36(56)43(66-11)32(7)44(59)52-35(48(63)64)26-33-20-15-13-16-21-33/h13,15-16,20-21,29-32,34-37,40-43H,12,14,17-19,22-28H2,1-11H3,(H,51,60)(H,52,59)(H,53,61)(H,63,64)/t31-,32-,34?,35+,36+,37-,40+,41+,42+,43-/m1/s1. The van der Waals surface area contributed by atoms with Crippen LogP contribution in [0.15, 0.2) is 30.3 Å². The van der Waals surface area contributed by atoms with Gasteiger partial charge in [0.2, 0.25) is 35.4 Å². The van der Waals surface area contributed by atoms with Crippen molar-refractivity contribution in [2.45, 2.75) is 153 Å². The maximum Gasteiger partial charge on any atom is 0.326 e. The van der Waals surface area contributed by atoms with Crippen LogP contribution >= 0.6 is 31.9 Å². The lowest BCUT2D eigenvalue weighted by molar-refractivity contribution is -0.149. The largest absolute Gasteiger partial charge is 0.480 e. The Kier molecular flexibility index (Phi) is 26.0. The number of likely N-dealkylation sites (N-methyl/N-ethyl adjacent to an activating group) is 2. The molecule has 1 aromatic rings. The minimum absolute atomic E-state index is 0.0705. The topological polar surface area (TPSA) is 204 Å². The normalized spacial score (nSPS) is 18.0. The number of aliphatic carboxylic acids is 1. The third kappa shape index (κ3) is 17.2. The second kappa shape index (κ2) is 29.3. The molecule has 4 N–H and O–H groups in total. The number of nitrogens with zero attached hydrogens (tertiary/aromatic N) is 3. The van der Waals surface area contributed by atoms with Crippen LogP contribution in [0.5, 0.6) is 0 Å². The summed E-state index contributed by atoms with van der Waals surface area (Å²) in [4.78, 5) is 98.5. The summed E-state index contributed by atoms with van der Waals surface area (Å²) in [6, 6.07) is 5.07. The number of unbranched alkanes of at least 4 members (excludes halogenated alkanes) is 2. The van der Waals surface area contributed by atoms with Gasteiger partial charge in [-0.15, -0.1) is 0 Å². The molecule has 1 saturated heterocycles. The number of rotatable bonds is 29. The number of nitrogens with one attached hydrogen (secondary N) is 3. The number of methoxy groups -OCH3 is 2. The van der Waals surface area contributed by atoms with Crippen molar-refractivity contribution >= 4 is 73.3 Å². The van der Waals surface area contributed by atoms with E-state index in [0.29, 0.717) is 50.5 Å². The number of likely N-dealkylation sites (tertiary alicyclic amines) is 1. The molecule has 0 aromatic heterocycles. The summed E-state index contributed by atoms with van der Waals surface area (Å²) < 4.78 is 11.9. The summed E-state index contributed by atoms with van der Waals surface area (Å²) in [5, 5.41) is 19.0. The first kappa shape index (κ1) is 58.5. The quantitative estimate of drug-likeness (QED) is 0.0612. The molecular weight excluding hydrogens is 980 g/mol. The predicted molar refractivity (Wildman–Crippen MR) is 262 cm³/mol. The van der Waals surface area contributed by atoms with Crippen molar-refractivity contribution in [1.29, 1.82) is 0 Å². The number of carbonyl (C=O) groups is 7. The molecule has 1 heterocycles. The highest BCUT2D eigenvalue weighted by Crippen LogP contribution is 2.30. The van der Waals surface area contributed by atoms with Crippen molar-refractivity contribution in [3.63, 3.8) is 0 Å². The van der Waals surface area contributed by atoms with Crippen LogP contribution in [0.4, 0.5) is 0 Å². The molecule has 10 atom stereocenters. The number of amides is 6. The Hall–Kier alpha value is -3.61. The Morgan fingerprint density at radius 1 is 0.864 bits per heavy atom. The Bertz CT molecular complexity index is 1720. The van der Waals surface area contributed by atoms with Gasteiger partial charge < -0.3 is 45.2 Å². The molecule has 1 fully saturated rings. The van der Waals surface area contributed by atoms with Crippen LogP contribution in [0.3, 0.4) is 0 Å². The monoisotopic (exact) mass is 1060 g/mol. The molecule has 1 aliphatic heterocycles. The van der Waals surface area contributed by atoms with E-state index in [9.17, 15) is 38.7 Å². The zero-order chi connectivity index (χ0) is 49.8. The van der Waals surface area contributed by atoms with Gasteiger partial charge in [-0.1, -0.05) is 123 Å². The highest BCUT2D eigenvalue weighted by molar-refractivity contribution is 9.12. The third-order valence-corrected chi connectivity index (χ3v) is 15.1. The van der Waals surface area contributed by atoms with Gasteiger partial charge in [-0.25, -0.2) is 4.79 Å². The van der Waals surface area contributed by atoms with Gasteiger partial charge in [0.15, 0.2) is 0 Å². The molecular formula is C48H78Br2N6O10. The molecule has 16 nitrogen and oxygen atoms in total. The number of hydrogen-bond donors (Lipinski definition) is 4. The average molecular weight is 1060 g/mol. The Morgan fingerprint density at radius 3 is 2.06 bits per heavy atom. The number of alkyl halides is 2. The van der Waals surface area contributed by atoms with Crippen LogP contribution in [-0.4, -0.2) is 155 Å². The number of carbonyl (C=O) groups excluding carboxylic acids is 6. The van der Waals surface area contributed by atoms with Gasteiger partial charge in [0.1, 0.15) is 23.0 Å². The highest BCUT2D eigenvalue weighted by atomic mass is 79.9. The number of halogens is 2. The first-order valence-corrected chi connectivity index (χ1v) is 25.4. The smallest absolute Gasteiger partial charge is 0.326 e. The molecule has 0 aliphatic carbocycles. The fourth-order valence-electron chi connectivity index (χ4n) is 8.86. The molecule has 0 bridgehead atoms. The molecule has 1 aliphatic rings. The van der Waals surface area contributed by atoms with Gasteiger partial charge in [0, 0.05) is 59.6 Å². The van der Waals surface area contributed by atoms with Gasteiger partial charge in [0.05, 0.1) is 36.6 Å². The van der Waals surface area contributed by atoms with Gasteiger partial charge in [-0.05, 0) is 49.0 Å². The fourth-order valence-corrected chi connectivity index (χ4v) is 9.31. The number of carboxylic acid groups (broad SMARTS) is 1. The summed E-state index contributed by atoms with van der Waals surface area (Å²) in [5.74, 6) is -4.47. The zero-order valence-corrected chi connectivity index (χ0v) is 44.2. The van der Waals surface area contributed by atoms with Crippen molar-refractivity contribution in [2.24, 2.45) is 23.7 Å². The fraction of sp³-hybridized carbons (Fsp3) is 0.729. The summed E-state index contributed by atoms with van der Waals surface area (Å²) >= 11 is 6.57. The van der Waals surface area contributed by atoms with E-state index in [1.807, 2.05) is 59.7 Å². The van der Waals surface area contributed by atoms with Crippen molar-refractivity contribution < 1.29 is 48.1 Å². The number of benzene rings is 1. The van der Waals surface area contributed by atoms with E-state index in [0.717, 1.165) is 12.0 Å². The van der Waals surface area contributed by atoms with Crippen molar-refractivity contribution in [3.8, 4) is 0 Å². The Morgan fingerprint density at radius 2 is 1.52 bits per heavy atom. The first-order valence-electron chi connectivity index (χ1n) is 23.4. The van der Waals surface area contributed by atoms with E-state index >= 15 is 0 Å². The molecule has 2 rings (SSSR count). The van der Waals surface area contributed by atoms with E-state index in [1.165, 1.54) is 19.1 Å². The van der Waals surface area contributed by atoms with E-state index in [2.05, 4.69) is 47.8 Å². The van der Waals surface area contributed by atoms with E-state index < -0.39 is 66.1 Å². The van der Waals surface area contributed by atoms with E-state index in [1.54, 1.807) is 43.0 Å². The summed E-state index contributed by atoms with van der Waals surface area (Å²) in [7, 11) is 6.27. The van der Waals surface area contributed by atoms with Gasteiger partial charge in [0.25, 0.3) is 0 Å². The van der Waals surface area contributed by atoms with Crippen molar-refractivity contribution in [2.75, 3.05) is 46.7 Å². The van der Waals surface area contributed by atoms with E-state index in [4.69, 9.17) is 9.47 Å². The lowest BCUT2D eigenvalue weighted by atomic mass is 9.89. The minimum atomic E-state index is -1.16. The number of carboxylic acids is 1. The minimum Gasteiger partial charge on any atom is -0.480 e. The van der Waals surface area contributed by atoms with Crippen LogP contribution < -0.4 is 16.0 Å². The van der Waals surface area contributed by atoms with Crippen LogP contribution in [0.1, 0.15) is 105 Å². The SMILES string of the molecule is CC[C@@H](C)[C@@H]([C@@H](CC(=O)N1CCC[C@H]1[C@H](OC)[C@@H](C)C(=O)N[C@@H](Cc1ccccc1)C(=O)O)OC)N(C)C(=O)[C@@H](NC(=O)[C@H](C(C)C)N(C)C(=O)CCCCCNC(=O)C(Br)CBr)C(C)C. The molecule has 66 heavy (non-hydrogen) atoms. The van der Waals surface area contributed by atoms with Crippen molar-refractivity contribution in [3.05, 3.63) is 35.9 Å². The molecule has 0 spiro atoms. The maximum absolute atomic E-state index is 14.6. The number of ether oxygens (including phenoxy) is 2. The maximum atomic E-state index is 14.6. The van der Waals surface area contributed by atoms with E-state index in [-0.39, 0.29) is 65.5 Å². The second-order valence-corrected chi connectivity index (χ2v) is 20.1. The number of hydrogen-bond acceptors (Lipinski definition) is 9. The molecule has 1 aromatic carbocycles. The van der Waals surface area contributed by atoms with Crippen LogP contribution in [0.25, 0.3) is 0 Å². The molecule has 0 radical (unpaired) electrons. The van der Waals surface area contributed by atoms with Crippen LogP contribution in [0, 0.1) is 23.7 Å². The predicted octanol–water partition coefficient (Wildman–Crippen LogP) is 5.18. The van der Waals surface area contributed by atoms with Crippen molar-refractivity contribution in [1.82, 2.24) is 30.7 Å². The Balaban J connectivity index is 2.20. The Labute approximate surface area is 410 Å². The lowest BCUT2D eigenvalue weighted by Gasteiger charge is -2.41. The third-order valence-electron chi connectivity index (χ3n) is 12.9.